The summed E-state index contributed by atoms with van der Waals surface area (Å²) in [5.74, 6) is 2.36. The van der Waals surface area contributed by atoms with E-state index < -0.39 is 0 Å². The fourth-order valence-electron chi connectivity index (χ4n) is 2.70. The molecule has 0 aliphatic carbocycles. The number of nitrogens with zero attached hydrogens (tertiary/aromatic N) is 4. The van der Waals surface area contributed by atoms with Crippen molar-refractivity contribution < 1.29 is 9.47 Å². The van der Waals surface area contributed by atoms with E-state index in [1.807, 2.05) is 49.1 Å². The SMILES string of the molecule is COc1ccc(CN(C)c2ncnc3c2ccn3C)cc1OC. The molecule has 0 unspecified atom stereocenters. The molecule has 0 N–H and O–H groups in total. The highest BCUT2D eigenvalue weighted by atomic mass is 16.5. The van der Waals surface area contributed by atoms with Crippen LogP contribution in [0.15, 0.2) is 36.8 Å². The normalized spacial score (nSPS) is 10.8. The van der Waals surface area contributed by atoms with Gasteiger partial charge in [0.05, 0.1) is 19.6 Å². The van der Waals surface area contributed by atoms with Crippen molar-refractivity contribution in [2.75, 3.05) is 26.2 Å². The Bertz CT molecular complexity index is 829. The number of hydrogen-bond acceptors (Lipinski definition) is 5. The maximum absolute atomic E-state index is 5.37. The van der Waals surface area contributed by atoms with Gasteiger partial charge in [-0.15, -0.1) is 0 Å². The lowest BCUT2D eigenvalue weighted by molar-refractivity contribution is 0.354. The standard InChI is InChI=1S/C17H20N4O2/c1-20-8-7-13-16(20)18-11-19-17(13)21(2)10-12-5-6-14(22-3)15(9-12)23-4/h5-9,11H,10H2,1-4H3. The van der Waals surface area contributed by atoms with Gasteiger partial charge in [0, 0.05) is 26.8 Å². The van der Waals surface area contributed by atoms with E-state index in [0.717, 1.165) is 33.9 Å². The summed E-state index contributed by atoms with van der Waals surface area (Å²) >= 11 is 0. The fourth-order valence-corrected chi connectivity index (χ4v) is 2.70. The van der Waals surface area contributed by atoms with Crippen LogP contribution in [0.2, 0.25) is 0 Å². The third kappa shape index (κ3) is 2.79. The topological polar surface area (TPSA) is 52.4 Å². The molecule has 23 heavy (non-hydrogen) atoms. The first-order valence-electron chi connectivity index (χ1n) is 7.32. The van der Waals surface area contributed by atoms with E-state index >= 15 is 0 Å². The number of benzene rings is 1. The van der Waals surface area contributed by atoms with Gasteiger partial charge in [-0.2, -0.15) is 0 Å². The van der Waals surface area contributed by atoms with E-state index in [1.165, 1.54) is 0 Å². The minimum Gasteiger partial charge on any atom is -0.493 e. The highest BCUT2D eigenvalue weighted by Gasteiger charge is 2.12. The van der Waals surface area contributed by atoms with Crippen molar-refractivity contribution in [3.05, 3.63) is 42.4 Å². The molecule has 0 fully saturated rings. The van der Waals surface area contributed by atoms with Gasteiger partial charge in [-0.05, 0) is 23.8 Å². The molecule has 0 saturated carbocycles. The van der Waals surface area contributed by atoms with Gasteiger partial charge in [-0.3, -0.25) is 0 Å². The van der Waals surface area contributed by atoms with Crippen LogP contribution in [-0.2, 0) is 13.6 Å². The average molecular weight is 312 g/mol. The molecule has 3 aromatic rings. The molecule has 2 aromatic heterocycles. The van der Waals surface area contributed by atoms with Gasteiger partial charge in [0.15, 0.2) is 11.5 Å². The van der Waals surface area contributed by atoms with Crippen LogP contribution in [0.4, 0.5) is 5.82 Å². The zero-order chi connectivity index (χ0) is 16.4. The van der Waals surface area contributed by atoms with Crippen LogP contribution >= 0.6 is 0 Å². The Balaban J connectivity index is 1.90. The predicted molar refractivity (Wildman–Crippen MR) is 90.2 cm³/mol. The molecule has 0 atom stereocenters. The van der Waals surface area contributed by atoms with Crippen molar-refractivity contribution >= 4 is 16.9 Å². The summed E-state index contributed by atoms with van der Waals surface area (Å²) in [6.45, 7) is 0.710. The first kappa shape index (κ1) is 15.1. The van der Waals surface area contributed by atoms with Gasteiger partial charge in [0.1, 0.15) is 17.8 Å². The summed E-state index contributed by atoms with van der Waals surface area (Å²) in [7, 11) is 7.28. The molecular formula is C17H20N4O2. The van der Waals surface area contributed by atoms with E-state index in [2.05, 4.69) is 14.9 Å². The minimum atomic E-state index is 0.710. The minimum absolute atomic E-state index is 0.710. The van der Waals surface area contributed by atoms with Gasteiger partial charge < -0.3 is 18.9 Å². The molecule has 2 heterocycles. The van der Waals surface area contributed by atoms with E-state index in [-0.39, 0.29) is 0 Å². The molecule has 120 valence electrons. The Kier molecular flexibility index (Phi) is 4.06. The Morgan fingerprint density at radius 2 is 1.87 bits per heavy atom. The number of methoxy groups -OCH3 is 2. The molecule has 1 aromatic carbocycles. The lowest BCUT2D eigenvalue weighted by atomic mass is 10.2. The summed E-state index contributed by atoms with van der Waals surface area (Å²) < 4.78 is 12.6. The quantitative estimate of drug-likeness (QED) is 0.725. The monoisotopic (exact) mass is 312 g/mol. The van der Waals surface area contributed by atoms with Crippen LogP contribution in [-0.4, -0.2) is 35.8 Å². The highest BCUT2D eigenvalue weighted by Crippen LogP contribution is 2.29. The molecule has 6 heteroatoms. The number of hydrogen-bond donors (Lipinski definition) is 0. The Hall–Kier alpha value is -2.76. The van der Waals surface area contributed by atoms with Crippen LogP contribution in [0, 0.1) is 0 Å². The first-order chi connectivity index (χ1) is 11.1. The van der Waals surface area contributed by atoms with Crippen LogP contribution in [0.1, 0.15) is 5.56 Å². The second-order valence-electron chi connectivity index (χ2n) is 5.41. The number of rotatable bonds is 5. The van der Waals surface area contributed by atoms with Crippen molar-refractivity contribution in [1.29, 1.82) is 0 Å². The van der Waals surface area contributed by atoms with Crippen molar-refractivity contribution in [2.24, 2.45) is 7.05 Å². The molecule has 0 spiro atoms. The van der Waals surface area contributed by atoms with Gasteiger partial charge in [0.2, 0.25) is 0 Å². The maximum Gasteiger partial charge on any atom is 0.161 e. The lowest BCUT2D eigenvalue weighted by Crippen LogP contribution is -2.18. The Labute approximate surface area is 135 Å². The Morgan fingerprint density at radius 1 is 1.09 bits per heavy atom. The summed E-state index contributed by atoms with van der Waals surface area (Å²) in [6, 6.07) is 7.97. The summed E-state index contributed by atoms with van der Waals surface area (Å²) in [5, 5.41) is 1.04. The third-order valence-corrected chi connectivity index (χ3v) is 3.87. The predicted octanol–water partition coefficient (Wildman–Crippen LogP) is 2.62. The van der Waals surface area contributed by atoms with E-state index in [4.69, 9.17) is 9.47 Å². The van der Waals surface area contributed by atoms with E-state index in [1.54, 1.807) is 20.5 Å². The second kappa shape index (κ2) is 6.16. The molecule has 0 aliphatic heterocycles. The van der Waals surface area contributed by atoms with Gasteiger partial charge in [0.25, 0.3) is 0 Å². The van der Waals surface area contributed by atoms with Crippen molar-refractivity contribution in [3.8, 4) is 11.5 Å². The molecule has 6 nitrogen and oxygen atoms in total. The summed E-state index contributed by atoms with van der Waals surface area (Å²) in [4.78, 5) is 10.9. The van der Waals surface area contributed by atoms with Crippen molar-refractivity contribution in [3.63, 3.8) is 0 Å². The number of anilines is 1. The molecule has 0 amide bonds. The van der Waals surface area contributed by atoms with Gasteiger partial charge >= 0.3 is 0 Å². The second-order valence-corrected chi connectivity index (χ2v) is 5.41. The molecule has 0 radical (unpaired) electrons. The van der Waals surface area contributed by atoms with Crippen LogP contribution in [0.5, 0.6) is 11.5 Å². The molecule has 0 aliphatic rings. The Morgan fingerprint density at radius 3 is 2.61 bits per heavy atom. The largest absolute Gasteiger partial charge is 0.493 e. The lowest BCUT2D eigenvalue weighted by Gasteiger charge is -2.19. The molecule has 0 bridgehead atoms. The third-order valence-electron chi connectivity index (χ3n) is 3.87. The van der Waals surface area contributed by atoms with Crippen LogP contribution < -0.4 is 14.4 Å². The van der Waals surface area contributed by atoms with Crippen LogP contribution in [0.3, 0.4) is 0 Å². The number of ether oxygens (including phenoxy) is 2. The van der Waals surface area contributed by atoms with Crippen molar-refractivity contribution in [1.82, 2.24) is 14.5 Å². The zero-order valence-electron chi connectivity index (χ0n) is 13.8. The van der Waals surface area contributed by atoms with E-state index in [0.29, 0.717) is 6.54 Å². The summed E-state index contributed by atoms with van der Waals surface area (Å²) in [6.07, 6.45) is 3.59. The highest BCUT2D eigenvalue weighted by molar-refractivity contribution is 5.87. The number of fused-ring (bicyclic) bond motifs is 1. The molecule has 0 saturated heterocycles. The smallest absolute Gasteiger partial charge is 0.161 e. The number of aromatic nitrogens is 3. The van der Waals surface area contributed by atoms with E-state index in [9.17, 15) is 0 Å². The average Bonchev–Trinajstić information content (AvgIpc) is 2.96. The summed E-state index contributed by atoms with van der Waals surface area (Å²) in [5.41, 5.74) is 2.04. The fraction of sp³-hybridized carbons (Fsp3) is 0.294. The maximum atomic E-state index is 5.37. The molecule has 3 rings (SSSR count). The number of aryl methyl sites for hydroxylation is 1. The van der Waals surface area contributed by atoms with Gasteiger partial charge in [-0.25, -0.2) is 9.97 Å². The molecular weight excluding hydrogens is 292 g/mol. The van der Waals surface area contributed by atoms with Crippen LogP contribution in [0.25, 0.3) is 11.0 Å². The van der Waals surface area contributed by atoms with Crippen molar-refractivity contribution in [2.45, 2.75) is 6.54 Å². The zero-order valence-corrected chi connectivity index (χ0v) is 13.8. The van der Waals surface area contributed by atoms with Gasteiger partial charge in [-0.1, -0.05) is 6.07 Å². The first-order valence-corrected chi connectivity index (χ1v) is 7.32.